The maximum atomic E-state index is 12.6. The molecule has 0 spiro atoms. The summed E-state index contributed by atoms with van der Waals surface area (Å²) in [5, 5.41) is 14.6. The molecule has 2 amide bonds. The highest BCUT2D eigenvalue weighted by Crippen LogP contribution is 2.13. The number of hydrogen-bond donors (Lipinski definition) is 3. The molecule has 3 N–H and O–H groups in total. The molecular formula is C24H46N2O5. The number of carbonyl (C=O) groups is 3. The van der Waals surface area contributed by atoms with Gasteiger partial charge in [-0.3, -0.25) is 4.79 Å². The molecule has 0 radical (unpaired) electrons. The molecule has 0 saturated heterocycles. The van der Waals surface area contributed by atoms with Gasteiger partial charge in [0.25, 0.3) is 0 Å². The van der Waals surface area contributed by atoms with Crippen molar-refractivity contribution in [2.24, 2.45) is 5.92 Å². The average Bonchev–Trinajstić information content (AvgIpc) is 2.64. The summed E-state index contributed by atoms with van der Waals surface area (Å²) in [5.41, 5.74) is -0.679. The number of aliphatic carboxylic acids is 1. The van der Waals surface area contributed by atoms with Gasteiger partial charge in [0.05, 0.1) is 0 Å². The van der Waals surface area contributed by atoms with E-state index in [2.05, 4.69) is 17.6 Å². The normalized spacial score (nSPS) is 13.5. The number of alkyl carbamates (subject to hydrolysis) is 1. The summed E-state index contributed by atoms with van der Waals surface area (Å²) in [6.07, 6.45) is 11.4. The fourth-order valence-corrected chi connectivity index (χ4v) is 3.32. The Labute approximate surface area is 189 Å². The number of amides is 2. The molecule has 2 atom stereocenters. The minimum atomic E-state index is -1.05. The lowest BCUT2D eigenvalue weighted by Gasteiger charge is -2.26. The third kappa shape index (κ3) is 15.6. The highest BCUT2D eigenvalue weighted by Gasteiger charge is 2.30. The van der Waals surface area contributed by atoms with Gasteiger partial charge in [-0.1, -0.05) is 85.0 Å². The van der Waals surface area contributed by atoms with Crippen LogP contribution in [0.15, 0.2) is 0 Å². The topological polar surface area (TPSA) is 105 Å². The van der Waals surface area contributed by atoms with E-state index in [4.69, 9.17) is 4.74 Å². The van der Waals surface area contributed by atoms with Gasteiger partial charge in [0, 0.05) is 0 Å². The molecule has 7 heteroatoms. The summed E-state index contributed by atoms with van der Waals surface area (Å²) in [4.78, 5) is 36.3. The van der Waals surface area contributed by atoms with Crippen molar-refractivity contribution in [3.8, 4) is 0 Å². The number of unbranched alkanes of at least 4 members (excludes halogenated alkanes) is 9. The van der Waals surface area contributed by atoms with E-state index >= 15 is 0 Å². The third-order valence-electron chi connectivity index (χ3n) is 5.08. The minimum Gasteiger partial charge on any atom is -0.480 e. The summed E-state index contributed by atoms with van der Waals surface area (Å²) in [7, 11) is 0. The zero-order chi connectivity index (χ0) is 23.9. The van der Waals surface area contributed by atoms with E-state index in [1.165, 1.54) is 44.9 Å². The molecule has 0 aromatic rings. The Kier molecular flexibility index (Phi) is 15.0. The molecule has 0 aromatic carbocycles. The minimum absolute atomic E-state index is 0.209. The van der Waals surface area contributed by atoms with Crippen molar-refractivity contribution < 1.29 is 24.2 Å². The smallest absolute Gasteiger partial charge is 0.408 e. The van der Waals surface area contributed by atoms with Crippen molar-refractivity contribution in [1.82, 2.24) is 10.6 Å². The number of carbonyl (C=O) groups excluding carboxylic acids is 2. The maximum absolute atomic E-state index is 12.6. The van der Waals surface area contributed by atoms with E-state index in [0.717, 1.165) is 19.3 Å². The molecule has 0 aliphatic rings. The van der Waals surface area contributed by atoms with E-state index < -0.39 is 35.7 Å². The van der Waals surface area contributed by atoms with Crippen LogP contribution in [0.25, 0.3) is 0 Å². The second kappa shape index (κ2) is 15.9. The zero-order valence-corrected chi connectivity index (χ0v) is 20.6. The standard InChI is InChI=1S/C24H46N2O5/c1-7-8-9-10-11-12-13-14-15-16-17-19(22(28)29)25-21(27)20(18(2)3)26-23(30)31-24(4,5)6/h18-20H,7-17H2,1-6H3,(H,25,27)(H,26,30)(H,28,29)/t19-,20+/m0/s1. The average molecular weight is 443 g/mol. The third-order valence-corrected chi connectivity index (χ3v) is 5.08. The van der Waals surface area contributed by atoms with Gasteiger partial charge < -0.3 is 20.5 Å². The summed E-state index contributed by atoms with van der Waals surface area (Å²) in [5.74, 6) is -1.76. The highest BCUT2D eigenvalue weighted by molar-refractivity contribution is 5.89. The first-order valence-corrected chi connectivity index (χ1v) is 12.0. The van der Waals surface area contributed by atoms with Crippen LogP contribution >= 0.6 is 0 Å². The number of hydrogen-bond acceptors (Lipinski definition) is 4. The van der Waals surface area contributed by atoms with Gasteiger partial charge in [-0.05, 0) is 33.1 Å². The Hall–Kier alpha value is -1.79. The first-order chi connectivity index (χ1) is 14.5. The molecule has 182 valence electrons. The van der Waals surface area contributed by atoms with Gasteiger partial charge in [-0.25, -0.2) is 9.59 Å². The van der Waals surface area contributed by atoms with E-state index in [-0.39, 0.29) is 5.92 Å². The summed E-state index contributed by atoms with van der Waals surface area (Å²) < 4.78 is 5.21. The van der Waals surface area contributed by atoms with Gasteiger partial charge in [0.15, 0.2) is 0 Å². The molecule has 0 fully saturated rings. The number of ether oxygens (including phenoxy) is 1. The lowest BCUT2D eigenvalue weighted by Crippen LogP contribution is -2.54. The lowest BCUT2D eigenvalue weighted by atomic mass is 10.0. The molecule has 0 bridgehead atoms. The van der Waals surface area contributed by atoms with Crippen LogP contribution in [0.1, 0.15) is 112 Å². The van der Waals surface area contributed by atoms with Crippen LogP contribution in [0.2, 0.25) is 0 Å². The molecule has 0 aliphatic carbocycles. The monoisotopic (exact) mass is 442 g/mol. The van der Waals surface area contributed by atoms with Crippen LogP contribution in [0.4, 0.5) is 4.79 Å². The maximum Gasteiger partial charge on any atom is 0.408 e. The molecule has 7 nitrogen and oxygen atoms in total. The molecule has 0 saturated carbocycles. The van der Waals surface area contributed by atoms with Gasteiger partial charge in [-0.2, -0.15) is 0 Å². The van der Waals surface area contributed by atoms with E-state index in [1.54, 1.807) is 34.6 Å². The lowest BCUT2D eigenvalue weighted by molar-refractivity contribution is -0.142. The SMILES string of the molecule is CCCCCCCCCCCC[C@H](NC(=O)[C@H](NC(=O)OC(C)(C)C)C(C)C)C(=O)O. The van der Waals surface area contributed by atoms with E-state index in [0.29, 0.717) is 6.42 Å². The van der Waals surface area contributed by atoms with Crippen molar-refractivity contribution in [3.05, 3.63) is 0 Å². The summed E-state index contributed by atoms with van der Waals surface area (Å²) in [6.45, 7) is 11.0. The predicted molar refractivity (Wildman–Crippen MR) is 124 cm³/mol. The van der Waals surface area contributed by atoms with Gasteiger partial charge in [0.1, 0.15) is 17.7 Å². The Balaban J connectivity index is 4.39. The first kappa shape index (κ1) is 29.2. The second-order valence-corrected chi connectivity index (χ2v) is 9.74. The number of rotatable bonds is 16. The highest BCUT2D eigenvalue weighted by atomic mass is 16.6. The van der Waals surface area contributed by atoms with E-state index in [1.807, 2.05) is 0 Å². The van der Waals surface area contributed by atoms with Crippen LogP contribution in [0, 0.1) is 5.92 Å². The number of carboxylic acids is 1. The molecule has 0 unspecified atom stereocenters. The molecule has 31 heavy (non-hydrogen) atoms. The van der Waals surface area contributed by atoms with Crippen molar-refractivity contribution in [2.45, 2.75) is 130 Å². The summed E-state index contributed by atoms with van der Waals surface area (Å²) in [6, 6.07) is -1.81. The van der Waals surface area contributed by atoms with Crippen LogP contribution in [0.5, 0.6) is 0 Å². The second-order valence-electron chi connectivity index (χ2n) is 9.74. The van der Waals surface area contributed by atoms with Crippen LogP contribution in [-0.2, 0) is 14.3 Å². The fraction of sp³-hybridized carbons (Fsp3) is 0.875. The van der Waals surface area contributed by atoms with E-state index in [9.17, 15) is 19.5 Å². The van der Waals surface area contributed by atoms with Crippen molar-refractivity contribution in [2.75, 3.05) is 0 Å². The molecule has 0 aromatic heterocycles. The quantitative estimate of drug-likeness (QED) is 0.277. The Morgan fingerprint density at radius 2 is 1.32 bits per heavy atom. The number of carboxylic acid groups (broad SMARTS) is 1. The Morgan fingerprint density at radius 1 is 0.839 bits per heavy atom. The van der Waals surface area contributed by atoms with Gasteiger partial charge in [-0.15, -0.1) is 0 Å². The molecule has 0 rings (SSSR count). The Bertz CT molecular complexity index is 529. The fourth-order valence-electron chi connectivity index (χ4n) is 3.32. The van der Waals surface area contributed by atoms with Crippen molar-refractivity contribution in [1.29, 1.82) is 0 Å². The van der Waals surface area contributed by atoms with Crippen molar-refractivity contribution in [3.63, 3.8) is 0 Å². The van der Waals surface area contributed by atoms with Gasteiger partial charge >= 0.3 is 12.1 Å². The molecule has 0 aliphatic heterocycles. The largest absolute Gasteiger partial charge is 0.480 e. The molecular weight excluding hydrogens is 396 g/mol. The zero-order valence-electron chi connectivity index (χ0n) is 20.6. The predicted octanol–water partition coefficient (Wildman–Crippen LogP) is 5.42. The van der Waals surface area contributed by atoms with Crippen LogP contribution < -0.4 is 10.6 Å². The van der Waals surface area contributed by atoms with Crippen LogP contribution in [-0.4, -0.2) is 40.8 Å². The van der Waals surface area contributed by atoms with Gasteiger partial charge in [0.2, 0.25) is 5.91 Å². The first-order valence-electron chi connectivity index (χ1n) is 12.0. The Morgan fingerprint density at radius 3 is 1.74 bits per heavy atom. The van der Waals surface area contributed by atoms with Crippen LogP contribution in [0.3, 0.4) is 0 Å². The molecule has 0 heterocycles. The summed E-state index contributed by atoms with van der Waals surface area (Å²) >= 11 is 0. The number of nitrogens with one attached hydrogen (secondary N) is 2. The van der Waals surface area contributed by atoms with Crippen molar-refractivity contribution >= 4 is 18.0 Å².